The Labute approximate surface area is 284 Å². The fraction of sp³-hybridized carbons (Fsp3) is 0.333. The number of benzene rings is 4. The molecule has 252 valence electrons. The van der Waals surface area contributed by atoms with Crippen LogP contribution in [0.4, 0.5) is 5.69 Å². The minimum Gasteiger partial charge on any atom is -0.497 e. The molecule has 0 bridgehead atoms. The van der Waals surface area contributed by atoms with Gasteiger partial charge in [0.15, 0.2) is 0 Å². The standard InChI is InChI=1S/C39H45N3O5S/c1-28-18-21-35(22-19-28)48(45,46)42(36-23-29(2)17-20-30(36)3)27-38(43)41(26-32-13-10-16-34(24-32)47-4)37(25-31-11-6-5-7-12-31)39(44)40-33-14-8-9-15-33/h5-7,10-13,16-24,33,37H,8-9,14-15,25-27H2,1-4H3,(H,40,44). The van der Waals surface area contributed by atoms with Crippen molar-refractivity contribution in [2.45, 2.75) is 76.4 Å². The number of sulfonamides is 1. The van der Waals surface area contributed by atoms with Crippen molar-refractivity contribution in [2.24, 2.45) is 0 Å². The van der Waals surface area contributed by atoms with Gasteiger partial charge in [0.05, 0.1) is 17.7 Å². The van der Waals surface area contributed by atoms with Gasteiger partial charge in [-0.25, -0.2) is 8.42 Å². The van der Waals surface area contributed by atoms with Crippen LogP contribution in [0, 0.1) is 20.8 Å². The molecule has 0 aliphatic heterocycles. The summed E-state index contributed by atoms with van der Waals surface area (Å²) in [6, 6.07) is 28.3. The minimum atomic E-state index is -4.18. The van der Waals surface area contributed by atoms with E-state index in [0.717, 1.165) is 47.9 Å². The molecule has 0 radical (unpaired) electrons. The fourth-order valence-electron chi connectivity index (χ4n) is 6.23. The number of aryl methyl sites for hydroxylation is 3. The summed E-state index contributed by atoms with van der Waals surface area (Å²) >= 11 is 0. The van der Waals surface area contributed by atoms with E-state index in [4.69, 9.17) is 4.74 Å². The number of hydrogen-bond donors (Lipinski definition) is 1. The molecule has 1 saturated carbocycles. The summed E-state index contributed by atoms with van der Waals surface area (Å²) in [6.45, 7) is 5.20. The van der Waals surface area contributed by atoms with Gasteiger partial charge < -0.3 is 15.0 Å². The van der Waals surface area contributed by atoms with Crippen LogP contribution in [0.25, 0.3) is 0 Å². The number of nitrogens with one attached hydrogen (secondary N) is 1. The highest BCUT2D eigenvalue weighted by Gasteiger charge is 2.36. The number of methoxy groups -OCH3 is 1. The Morgan fingerprint density at radius 1 is 0.833 bits per heavy atom. The summed E-state index contributed by atoms with van der Waals surface area (Å²) < 4.78 is 35.4. The Balaban J connectivity index is 1.60. The second-order valence-corrected chi connectivity index (χ2v) is 14.5. The molecule has 0 heterocycles. The first-order chi connectivity index (χ1) is 23.0. The van der Waals surface area contributed by atoms with Crippen LogP contribution in [0.15, 0.2) is 102 Å². The van der Waals surface area contributed by atoms with Gasteiger partial charge in [-0.15, -0.1) is 0 Å². The maximum Gasteiger partial charge on any atom is 0.264 e. The Morgan fingerprint density at radius 2 is 1.50 bits per heavy atom. The van der Waals surface area contributed by atoms with Crippen LogP contribution in [-0.2, 0) is 32.6 Å². The number of ether oxygens (including phenoxy) is 1. The summed E-state index contributed by atoms with van der Waals surface area (Å²) in [5, 5.41) is 3.22. The summed E-state index contributed by atoms with van der Waals surface area (Å²) in [4.78, 5) is 30.6. The number of carbonyl (C=O) groups excluding carboxylic acids is 2. The van der Waals surface area contributed by atoms with Crippen molar-refractivity contribution in [1.82, 2.24) is 10.2 Å². The molecule has 0 spiro atoms. The molecule has 4 aromatic rings. The maximum absolute atomic E-state index is 14.8. The fourth-order valence-corrected chi connectivity index (χ4v) is 7.70. The Bertz CT molecular complexity index is 1820. The lowest BCUT2D eigenvalue weighted by molar-refractivity contribution is -0.140. The lowest BCUT2D eigenvalue weighted by Crippen LogP contribution is -2.54. The third kappa shape index (κ3) is 8.44. The topological polar surface area (TPSA) is 96.0 Å². The molecular weight excluding hydrogens is 623 g/mol. The van der Waals surface area contributed by atoms with Gasteiger partial charge in [0.25, 0.3) is 10.0 Å². The normalized spacial score (nSPS) is 13.9. The number of anilines is 1. The van der Waals surface area contributed by atoms with E-state index in [-0.39, 0.29) is 29.8 Å². The zero-order valence-corrected chi connectivity index (χ0v) is 29.0. The van der Waals surface area contributed by atoms with E-state index in [1.807, 2.05) is 87.5 Å². The maximum atomic E-state index is 14.8. The number of rotatable bonds is 13. The number of carbonyl (C=O) groups is 2. The van der Waals surface area contributed by atoms with Crippen molar-refractivity contribution in [3.8, 4) is 5.75 Å². The molecule has 1 atom stereocenters. The Morgan fingerprint density at radius 3 is 2.19 bits per heavy atom. The average molecular weight is 668 g/mol. The predicted octanol–water partition coefficient (Wildman–Crippen LogP) is 6.51. The van der Waals surface area contributed by atoms with Crippen LogP contribution in [0.5, 0.6) is 5.75 Å². The summed E-state index contributed by atoms with van der Waals surface area (Å²) in [6.07, 6.45) is 4.14. The van der Waals surface area contributed by atoms with Crippen LogP contribution in [0.1, 0.15) is 53.5 Å². The highest BCUT2D eigenvalue weighted by Crippen LogP contribution is 2.29. The predicted molar refractivity (Wildman–Crippen MR) is 190 cm³/mol. The van der Waals surface area contributed by atoms with Gasteiger partial charge in [-0.3, -0.25) is 13.9 Å². The highest BCUT2D eigenvalue weighted by molar-refractivity contribution is 7.92. The third-order valence-corrected chi connectivity index (χ3v) is 10.8. The molecule has 1 aliphatic rings. The molecular formula is C39H45N3O5S. The first-order valence-corrected chi connectivity index (χ1v) is 17.9. The smallest absolute Gasteiger partial charge is 0.264 e. The largest absolute Gasteiger partial charge is 0.497 e. The lowest BCUT2D eigenvalue weighted by Gasteiger charge is -2.34. The van der Waals surface area contributed by atoms with E-state index < -0.39 is 28.5 Å². The lowest BCUT2D eigenvalue weighted by atomic mass is 10.0. The molecule has 0 saturated heterocycles. The summed E-state index contributed by atoms with van der Waals surface area (Å²) in [5.41, 5.74) is 4.56. The molecule has 1 N–H and O–H groups in total. The van der Waals surface area contributed by atoms with E-state index in [2.05, 4.69) is 5.32 Å². The van der Waals surface area contributed by atoms with E-state index >= 15 is 0 Å². The van der Waals surface area contributed by atoms with Gasteiger partial charge >= 0.3 is 0 Å². The number of hydrogen-bond acceptors (Lipinski definition) is 5. The van der Waals surface area contributed by atoms with Crippen molar-refractivity contribution in [1.29, 1.82) is 0 Å². The van der Waals surface area contributed by atoms with Gasteiger partial charge in [-0.1, -0.05) is 85.1 Å². The Hall–Kier alpha value is -4.63. The van der Waals surface area contributed by atoms with Crippen molar-refractivity contribution in [3.05, 3.63) is 125 Å². The van der Waals surface area contributed by atoms with Crippen molar-refractivity contribution in [2.75, 3.05) is 18.0 Å². The quantitative estimate of drug-likeness (QED) is 0.175. The van der Waals surface area contributed by atoms with Crippen LogP contribution in [0.2, 0.25) is 0 Å². The van der Waals surface area contributed by atoms with E-state index in [1.165, 1.54) is 9.21 Å². The first kappa shape index (κ1) is 34.7. The molecule has 1 unspecified atom stereocenters. The van der Waals surface area contributed by atoms with Crippen molar-refractivity contribution in [3.63, 3.8) is 0 Å². The summed E-state index contributed by atoms with van der Waals surface area (Å²) in [5.74, 6) is -0.118. The Kier molecular flexibility index (Phi) is 11.2. The van der Waals surface area contributed by atoms with Crippen LogP contribution in [-0.4, -0.2) is 50.9 Å². The molecule has 2 amide bonds. The molecule has 1 aliphatic carbocycles. The second-order valence-electron chi connectivity index (χ2n) is 12.7. The SMILES string of the molecule is COc1cccc(CN(C(=O)CN(c2cc(C)ccc2C)S(=O)(=O)c2ccc(C)cc2)C(Cc2ccccc2)C(=O)NC2CCCC2)c1. The van der Waals surface area contributed by atoms with E-state index in [9.17, 15) is 18.0 Å². The minimum absolute atomic E-state index is 0.0397. The molecule has 9 heteroatoms. The first-order valence-electron chi connectivity index (χ1n) is 16.5. The molecule has 0 aromatic heterocycles. The monoisotopic (exact) mass is 667 g/mol. The molecule has 1 fully saturated rings. The number of nitrogens with zero attached hydrogens (tertiary/aromatic N) is 2. The zero-order valence-electron chi connectivity index (χ0n) is 28.2. The van der Waals surface area contributed by atoms with Gasteiger partial charge in [0, 0.05) is 19.0 Å². The van der Waals surface area contributed by atoms with Crippen molar-refractivity contribution >= 4 is 27.5 Å². The average Bonchev–Trinajstić information content (AvgIpc) is 3.60. The second kappa shape index (κ2) is 15.5. The van der Waals surface area contributed by atoms with Gasteiger partial charge in [0.2, 0.25) is 11.8 Å². The summed E-state index contributed by atoms with van der Waals surface area (Å²) in [7, 11) is -2.60. The van der Waals surface area contributed by atoms with Crippen LogP contribution >= 0.6 is 0 Å². The third-order valence-electron chi connectivity index (χ3n) is 8.98. The highest BCUT2D eigenvalue weighted by atomic mass is 32.2. The molecule has 5 rings (SSSR count). The van der Waals surface area contributed by atoms with E-state index in [1.54, 1.807) is 37.4 Å². The van der Waals surface area contributed by atoms with Gasteiger partial charge in [-0.2, -0.15) is 0 Å². The number of amides is 2. The molecule has 4 aromatic carbocycles. The van der Waals surface area contributed by atoms with Crippen LogP contribution < -0.4 is 14.4 Å². The van der Waals surface area contributed by atoms with Gasteiger partial charge in [-0.05, 0) is 86.2 Å². The zero-order chi connectivity index (χ0) is 34.3. The molecule has 8 nitrogen and oxygen atoms in total. The molecule has 48 heavy (non-hydrogen) atoms. The van der Waals surface area contributed by atoms with Crippen LogP contribution in [0.3, 0.4) is 0 Å². The van der Waals surface area contributed by atoms with E-state index in [0.29, 0.717) is 17.0 Å². The van der Waals surface area contributed by atoms with Gasteiger partial charge in [0.1, 0.15) is 18.3 Å². The van der Waals surface area contributed by atoms with Crippen molar-refractivity contribution < 1.29 is 22.7 Å².